The lowest BCUT2D eigenvalue weighted by molar-refractivity contribution is 0.628. The summed E-state index contributed by atoms with van der Waals surface area (Å²) in [6, 6.07) is 11.4. The summed E-state index contributed by atoms with van der Waals surface area (Å²) in [5.41, 5.74) is 1.82. The van der Waals surface area contributed by atoms with Crippen molar-refractivity contribution in [3.05, 3.63) is 54.0 Å². The molecule has 0 saturated carbocycles. The molecule has 0 unspecified atom stereocenters. The maximum absolute atomic E-state index is 12.7. The van der Waals surface area contributed by atoms with E-state index in [2.05, 4.69) is 11.1 Å². The zero-order valence-corrected chi connectivity index (χ0v) is 7.81. The summed E-state index contributed by atoms with van der Waals surface area (Å²) in [5.74, 6) is -0.298. The summed E-state index contributed by atoms with van der Waals surface area (Å²) in [4.78, 5) is 4.10. The second-order valence-electron chi connectivity index (χ2n) is 3.02. The Morgan fingerprint density at radius 3 is 2.53 bits per heavy atom. The molecule has 1 heterocycles. The van der Waals surface area contributed by atoms with E-state index in [0.717, 1.165) is 5.56 Å². The molecule has 0 radical (unpaired) electrons. The van der Waals surface area contributed by atoms with Crippen molar-refractivity contribution in [3.8, 4) is 17.3 Å². The fourth-order valence-corrected chi connectivity index (χ4v) is 1.33. The third-order valence-electron chi connectivity index (χ3n) is 2.05. The van der Waals surface area contributed by atoms with Crippen molar-refractivity contribution < 1.29 is 4.39 Å². The van der Waals surface area contributed by atoms with E-state index in [9.17, 15) is 4.39 Å². The zero-order valence-electron chi connectivity index (χ0n) is 7.81. The van der Waals surface area contributed by atoms with Crippen molar-refractivity contribution >= 4 is 0 Å². The van der Waals surface area contributed by atoms with E-state index in [-0.39, 0.29) is 5.82 Å². The summed E-state index contributed by atoms with van der Waals surface area (Å²) in [6.07, 6.45) is 1.61. The maximum Gasteiger partial charge on any atom is 0.123 e. The Morgan fingerprint density at radius 2 is 1.87 bits per heavy atom. The summed E-state index contributed by atoms with van der Waals surface area (Å²) in [6.45, 7) is 0. The van der Waals surface area contributed by atoms with Crippen LogP contribution < -0.4 is 0 Å². The Bertz CT molecular complexity index is 512. The predicted molar refractivity (Wildman–Crippen MR) is 54.3 cm³/mol. The fraction of sp³-hybridized carbons (Fsp3) is 0. The van der Waals surface area contributed by atoms with Crippen LogP contribution in [-0.4, -0.2) is 4.98 Å². The molecule has 1 aromatic heterocycles. The Labute approximate surface area is 86.6 Å². The molecule has 0 bridgehead atoms. The fourth-order valence-electron chi connectivity index (χ4n) is 1.33. The largest absolute Gasteiger partial charge is 0.255 e. The number of benzene rings is 1. The summed E-state index contributed by atoms with van der Waals surface area (Å²) >= 11 is 0. The SMILES string of the molecule is N#Cc1cccnc1-c1ccc(F)cc1. The molecule has 15 heavy (non-hydrogen) atoms. The Morgan fingerprint density at radius 1 is 1.13 bits per heavy atom. The van der Waals surface area contributed by atoms with Gasteiger partial charge in [0, 0.05) is 11.8 Å². The molecule has 3 heteroatoms. The molecule has 72 valence electrons. The van der Waals surface area contributed by atoms with Crippen LogP contribution in [0.1, 0.15) is 5.56 Å². The first-order valence-electron chi connectivity index (χ1n) is 4.42. The van der Waals surface area contributed by atoms with Crippen LogP contribution in [0.3, 0.4) is 0 Å². The molecule has 2 rings (SSSR count). The van der Waals surface area contributed by atoms with E-state index in [4.69, 9.17) is 5.26 Å². The van der Waals surface area contributed by atoms with Gasteiger partial charge in [-0.3, -0.25) is 4.98 Å². The van der Waals surface area contributed by atoms with Gasteiger partial charge in [0.15, 0.2) is 0 Å². The minimum Gasteiger partial charge on any atom is -0.255 e. The van der Waals surface area contributed by atoms with E-state index >= 15 is 0 Å². The molecular weight excluding hydrogens is 191 g/mol. The molecule has 0 spiro atoms. The molecular formula is C12H7FN2. The normalized spacial score (nSPS) is 9.60. The number of nitriles is 1. The van der Waals surface area contributed by atoms with Crippen molar-refractivity contribution in [2.75, 3.05) is 0 Å². The van der Waals surface area contributed by atoms with Crippen molar-refractivity contribution in [1.29, 1.82) is 5.26 Å². The minimum absolute atomic E-state index is 0.298. The van der Waals surface area contributed by atoms with Gasteiger partial charge in [-0.15, -0.1) is 0 Å². The third kappa shape index (κ3) is 1.84. The van der Waals surface area contributed by atoms with Crippen LogP contribution in [0.15, 0.2) is 42.6 Å². The van der Waals surface area contributed by atoms with Gasteiger partial charge in [-0.05, 0) is 36.4 Å². The number of halogens is 1. The molecule has 0 N–H and O–H groups in total. The van der Waals surface area contributed by atoms with Crippen molar-refractivity contribution in [2.24, 2.45) is 0 Å². The van der Waals surface area contributed by atoms with Gasteiger partial charge in [-0.1, -0.05) is 0 Å². The molecule has 1 aromatic carbocycles. The molecule has 0 aliphatic rings. The van der Waals surface area contributed by atoms with Gasteiger partial charge in [-0.25, -0.2) is 4.39 Å². The first-order chi connectivity index (χ1) is 7.31. The van der Waals surface area contributed by atoms with E-state index < -0.39 is 0 Å². The summed E-state index contributed by atoms with van der Waals surface area (Å²) in [5, 5.41) is 8.87. The minimum atomic E-state index is -0.298. The van der Waals surface area contributed by atoms with Gasteiger partial charge in [0.05, 0.1) is 11.3 Å². The lowest BCUT2D eigenvalue weighted by Crippen LogP contribution is -1.88. The smallest absolute Gasteiger partial charge is 0.123 e. The number of pyridine rings is 1. The van der Waals surface area contributed by atoms with Gasteiger partial charge in [0.2, 0.25) is 0 Å². The Kier molecular flexibility index (Phi) is 2.42. The van der Waals surface area contributed by atoms with Crippen LogP contribution in [0.25, 0.3) is 11.3 Å². The van der Waals surface area contributed by atoms with Crippen molar-refractivity contribution in [2.45, 2.75) is 0 Å². The van der Waals surface area contributed by atoms with Crippen molar-refractivity contribution in [1.82, 2.24) is 4.98 Å². The maximum atomic E-state index is 12.7. The van der Waals surface area contributed by atoms with Crippen LogP contribution in [0.4, 0.5) is 4.39 Å². The molecule has 0 aliphatic heterocycles. The van der Waals surface area contributed by atoms with Crippen molar-refractivity contribution in [3.63, 3.8) is 0 Å². The third-order valence-corrected chi connectivity index (χ3v) is 2.05. The number of nitrogens with zero attached hydrogens (tertiary/aromatic N) is 2. The molecule has 0 fully saturated rings. The Hall–Kier alpha value is -2.21. The average molecular weight is 198 g/mol. The van der Waals surface area contributed by atoms with Crippen LogP contribution in [0, 0.1) is 17.1 Å². The lowest BCUT2D eigenvalue weighted by Gasteiger charge is -2.01. The zero-order chi connectivity index (χ0) is 10.7. The van der Waals surface area contributed by atoms with Crippen LogP contribution in [-0.2, 0) is 0 Å². The van der Waals surface area contributed by atoms with Gasteiger partial charge in [0.25, 0.3) is 0 Å². The molecule has 2 aromatic rings. The number of hydrogen-bond acceptors (Lipinski definition) is 2. The predicted octanol–water partition coefficient (Wildman–Crippen LogP) is 2.76. The number of aromatic nitrogens is 1. The second kappa shape index (κ2) is 3.89. The molecule has 0 atom stereocenters. The van der Waals surface area contributed by atoms with E-state index in [0.29, 0.717) is 11.3 Å². The van der Waals surface area contributed by atoms with E-state index in [1.807, 2.05) is 0 Å². The first-order valence-corrected chi connectivity index (χ1v) is 4.42. The summed E-state index contributed by atoms with van der Waals surface area (Å²) < 4.78 is 12.7. The highest BCUT2D eigenvalue weighted by atomic mass is 19.1. The number of rotatable bonds is 1. The topological polar surface area (TPSA) is 36.7 Å². The highest BCUT2D eigenvalue weighted by molar-refractivity contribution is 5.65. The van der Waals surface area contributed by atoms with E-state index in [1.165, 1.54) is 12.1 Å². The Balaban J connectivity index is 2.55. The number of hydrogen-bond donors (Lipinski definition) is 0. The molecule has 0 saturated heterocycles. The standard InChI is InChI=1S/C12H7FN2/c13-11-5-3-9(4-6-11)12-10(8-14)2-1-7-15-12/h1-7H. The average Bonchev–Trinajstić information content (AvgIpc) is 2.30. The second-order valence-corrected chi connectivity index (χ2v) is 3.02. The monoisotopic (exact) mass is 198 g/mol. The van der Waals surface area contributed by atoms with Gasteiger partial charge in [-0.2, -0.15) is 5.26 Å². The van der Waals surface area contributed by atoms with Crippen LogP contribution >= 0.6 is 0 Å². The van der Waals surface area contributed by atoms with Gasteiger partial charge < -0.3 is 0 Å². The van der Waals surface area contributed by atoms with Crippen LogP contribution in [0.5, 0.6) is 0 Å². The van der Waals surface area contributed by atoms with Crippen LogP contribution in [0.2, 0.25) is 0 Å². The first kappa shape index (κ1) is 9.35. The molecule has 0 aliphatic carbocycles. The molecule has 2 nitrogen and oxygen atoms in total. The van der Waals surface area contributed by atoms with Gasteiger partial charge >= 0.3 is 0 Å². The highest BCUT2D eigenvalue weighted by Crippen LogP contribution is 2.20. The summed E-state index contributed by atoms with van der Waals surface area (Å²) in [7, 11) is 0. The van der Waals surface area contributed by atoms with E-state index in [1.54, 1.807) is 30.5 Å². The quantitative estimate of drug-likeness (QED) is 0.706. The highest BCUT2D eigenvalue weighted by Gasteiger charge is 2.04. The molecule has 0 amide bonds. The van der Waals surface area contributed by atoms with Gasteiger partial charge in [0.1, 0.15) is 11.9 Å². The lowest BCUT2D eigenvalue weighted by atomic mass is 10.1.